The first-order valence-electron chi connectivity index (χ1n) is 6.06. The number of nitrogens with zero attached hydrogens (tertiary/aromatic N) is 3. The average molecular weight is 285 g/mol. The van der Waals surface area contributed by atoms with E-state index >= 15 is 0 Å². The van der Waals surface area contributed by atoms with Gasteiger partial charge >= 0.3 is 0 Å². The molecule has 3 aromatic rings. The molecule has 0 aliphatic rings. The fourth-order valence-corrected chi connectivity index (χ4v) is 2.74. The number of aldehydes is 1. The van der Waals surface area contributed by atoms with Gasteiger partial charge in [0.15, 0.2) is 4.83 Å². The molecule has 2 aromatic heterocycles. The first-order chi connectivity index (χ1) is 9.70. The van der Waals surface area contributed by atoms with Gasteiger partial charge in [0.1, 0.15) is 11.7 Å². The molecule has 0 amide bonds. The minimum Gasteiger partial charge on any atom is -0.301 e. The van der Waals surface area contributed by atoms with Gasteiger partial charge in [-0.15, -0.1) is 0 Å². The average Bonchev–Trinajstić information content (AvgIpc) is 2.88. The molecule has 2 heterocycles. The Balaban J connectivity index is 2.26. The predicted molar refractivity (Wildman–Crippen MR) is 77.9 cm³/mol. The van der Waals surface area contributed by atoms with E-state index in [9.17, 15) is 9.59 Å². The van der Waals surface area contributed by atoms with Crippen LogP contribution in [0, 0.1) is 6.92 Å². The normalized spacial score (nSPS) is 10.8. The molecule has 0 saturated carbocycles. The van der Waals surface area contributed by atoms with Crippen LogP contribution in [-0.2, 0) is 11.3 Å². The minimum atomic E-state index is -0.230. The fraction of sp³-hybridized carbons (Fsp3) is 0.143. The number of carbonyl (C=O) groups is 1. The van der Waals surface area contributed by atoms with Gasteiger partial charge in [-0.3, -0.25) is 9.36 Å². The SMILES string of the molecule is Cc1ccc(-c2nsc3ncn(CC=O)c(=O)c23)cc1. The molecule has 3 rings (SSSR count). The van der Waals surface area contributed by atoms with Crippen LogP contribution in [0.1, 0.15) is 5.56 Å². The van der Waals surface area contributed by atoms with Crippen LogP contribution in [0.25, 0.3) is 21.5 Å². The lowest BCUT2D eigenvalue weighted by atomic mass is 10.1. The van der Waals surface area contributed by atoms with E-state index in [1.165, 1.54) is 22.4 Å². The van der Waals surface area contributed by atoms with Crippen molar-refractivity contribution in [2.75, 3.05) is 0 Å². The van der Waals surface area contributed by atoms with Crippen molar-refractivity contribution in [1.29, 1.82) is 0 Å². The zero-order valence-electron chi connectivity index (χ0n) is 10.7. The summed E-state index contributed by atoms with van der Waals surface area (Å²) in [6.07, 6.45) is 2.07. The maximum Gasteiger partial charge on any atom is 0.264 e. The quantitative estimate of drug-likeness (QED) is 0.691. The van der Waals surface area contributed by atoms with Gasteiger partial charge in [-0.2, -0.15) is 4.37 Å². The molecule has 0 saturated heterocycles. The van der Waals surface area contributed by atoms with Crippen molar-refractivity contribution < 1.29 is 4.79 Å². The summed E-state index contributed by atoms with van der Waals surface area (Å²) in [6, 6.07) is 7.81. The van der Waals surface area contributed by atoms with Gasteiger partial charge in [0.25, 0.3) is 5.56 Å². The van der Waals surface area contributed by atoms with Crippen LogP contribution < -0.4 is 5.56 Å². The summed E-state index contributed by atoms with van der Waals surface area (Å²) in [4.78, 5) is 27.7. The van der Waals surface area contributed by atoms with Gasteiger partial charge in [-0.25, -0.2) is 4.98 Å². The summed E-state index contributed by atoms with van der Waals surface area (Å²) in [5.41, 5.74) is 2.42. The molecule has 100 valence electrons. The molecular weight excluding hydrogens is 274 g/mol. The highest BCUT2D eigenvalue weighted by Crippen LogP contribution is 2.27. The summed E-state index contributed by atoms with van der Waals surface area (Å²) in [6.45, 7) is 2.01. The standard InChI is InChI=1S/C14H11N3O2S/c1-9-2-4-10(5-3-9)12-11-13(20-16-12)15-8-17(6-7-18)14(11)19/h2-5,7-8H,6H2,1H3. The Morgan fingerprint density at radius 3 is 2.75 bits per heavy atom. The third-order valence-electron chi connectivity index (χ3n) is 3.06. The van der Waals surface area contributed by atoms with Gasteiger partial charge in [0, 0.05) is 5.56 Å². The second-order valence-corrected chi connectivity index (χ2v) is 5.20. The molecule has 0 N–H and O–H groups in total. The van der Waals surface area contributed by atoms with Crippen LogP contribution in [0.4, 0.5) is 0 Å². The van der Waals surface area contributed by atoms with E-state index < -0.39 is 0 Å². The van der Waals surface area contributed by atoms with Crippen molar-refractivity contribution in [2.24, 2.45) is 0 Å². The monoisotopic (exact) mass is 285 g/mol. The summed E-state index contributed by atoms with van der Waals surface area (Å²) in [5.74, 6) is 0. The van der Waals surface area contributed by atoms with Crippen LogP contribution in [0.3, 0.4) is 0 Å². The van der Waals surface area contributed by atoms with E-state index in [2.05, 4.69) is 9.36 Å². The van der Waals surface area contributed by atoms with Crippen LogP contribution in [0.5, 0.6) is 0 Å². The minimum absolute atomic E-state index is 0.00492. The number of benzene rings is 1. The number of rotatable bonds is 3. The maximum atomic E-state index is 12.4. The predicted octanol–water partition coefficient (Wildman–Crippen LogP) is 2.03. The van der Waals surface area contributed by atoms with Gasteiger partial charge in [-0.05, 0) is 18.5 Å². The molecule has 1 aromatic carbocycles. The molecule has 0 bridgehead atoms. The molecule has 20 heavy (non-hydrogen) atoms. The molecular formula is C14H11N3O2S. The zero-order valence-corrected chi connectivity index (χ0v) is 11.6. The smallest absolute Gasteiger partial charge is 0.264 e. The van der Waals surface area contributed by atoms with E-state index in [1.807, 2.05) is 31.2 Å². The Kier molecular flexibility index (Phi) is 3.15. The molecule has 5 nitrogen and oxygen atoms in total. The number of aromatic nitrogens is 3. The van der Waals surface area contributed by atoms with Crippen molar-refractivity contribution in [3.8, 4) is 11.3 Å². The summed E-state index contributed by atoms with van der Waals surface area (Å²) >= 11 is 1.19. The third kappa shape index (κ3) is 2.04. The third-order valence-corrected chi connectivity index (χ3v) is 3.82. The molecule has 0 spiro atoms. The lowest BCUT2D eigenvalue weighted by Crippen LogP contribution is -2.20. The van der Waals surface area contributed by atoms with Crippen molar-refractivity contribution in [1.82, 2.24) is 13.9 Å². The number of hydrogen-bond acceptors (Lipinski definition) is 5. The van der Waals surface area contributed by atoms with Crippen LogP contribution in [0.15, 0.2) is 35.4 Å². The number of carbonyl (C=O) groups excluding carboxylic acids is 1. The van der Waals surface area contributed by atoms with E-state index in [1.54, 1.807) is 0 Å². The lowest BCUT2D eigenvalue weighted by molar-refractivity contribution is -0.108. The molecule has 0 radical (unpaired) electrons. The Morgan fingerprint density at radius 2 is 2.05 bits per heavy atom. The Morgan fingerprint density at radius 1 is 1.30 bits per heavy atom. The summed E-state index contributed by atoms with van der Waals surface area (Å²) < 4.78 is 5.63. The molecule has 0 fully saturated rings. The molecule has 6 heteroatoms. The second kappa shape index (κ2) is 4.97. The highest BCUT2D eigenvalue weighted by Gasteiger charge is 2.14. The molecule has 0 aliphatic heterocycles. The Hall–Kier alpha value is -2.34. The van der Waals surface area contributed by atoms with E-state index in [-0.39, 0.29) is 12.1 Å². The van der Waals surface area contributed by atoms with Crippen LogP contribution >= 0.6 is 11.5 Å². The molecule has 0 unspecified atom stereocenters. The Labute approximate surface area is 118 Å². The van der Waals surface area contributed by atoms with Crippen molar-refractivity contribution >= 4 is 28.0 Å². The highest BCUT2D eigenvalue weighted by molar-refractivity contribution is 7.13. The van der Waals surface area contributed by atoms with Gasteiger partial charge in [0.2, 0.25) is 0 Å². The van der Waals surface area contributed by atoms with Gasteiger partial charge < -0.3 is 4.79 Å². The van der Waals surface area contributed by atoms with E-state index in [4.69, 9.17) is 0 Å². The largest absolute Gasteiger partial charge is 0.301 e. The number of fused-ring (bicyclic) bond motifs is 1. The maximum absolute atomic E-state index is 12.4. The topological polar surface area (TPSA) is 64.8 Å². The highest BCUT2D eigenvalue weighted by atomic mass is 32.1. The zero-order chi connectivity index (χ0) is 14.1. The first kappa shape index (κ1) is 12.7. The van der Waals surface area contributed by atoms with Crippen LogP contribution in [-0.4, -0.2) is 20.2 Å². The summed E-state index contributed by atoms with van der Waals surface area (Å²) in [7, 11) is 0. The lowest BCUT2D eigenvalue weighted by Gasteiger charge is -2.01. The van der Waals surface area contributed by atoms with E-state index in [0.29, 0.717) is 22.2 Å². The van der Waals surface area contributed by atoms with Gasteiger partial charge in [0.05, 0.1) is 18.6 Å². The number of aryl methyl sites for hydroxylation is 1. The van der Waals surface area contributed by atoms with Crippen LogP contribution in [0.2, 0.25) is 0 Å². The van der Waals surface area contributed by atoms with Gasteiger partial charge in [-0.1, -0.05) is 29.8 Å². The number of hydrogen-bond donors (Lipinski definition) is 0. The summed E-state index contributed by atoms with van der Waals surface area (Å²) in [5, 5.41) is 0.475. The van der Waals surface area contributed by atoms with Crippen molar-refractivity contribution in [3.63, 3.8) is 0 Å². The molecule has 0 atom stereocenters. The first-order valence-corrected chi connectivity index (χ1v) is 6.83. The molecule has 0 aliphatic carbocycles. The Bertz CT molecular complexity index is 834. The van der Waals surface area contributed by atoms with Crippen molar-refractivity contribution in [3.05, 3.63) is 46.5 Å². The van der Waals surface area contributed by atoms with Crippen molar-refractivity contribution in [2.45, 2.75) is 13.5 Å². The second-order valence-electron chi connectivity index (χ2n) is 4.45. The van der Waals surface area contributed by atoms with E-state index in [0.717, 1.165) is 11.1 Å². The fourth-order valence-electron chi connectivity index (χ4n) is 2.00.